The summed E-state index contributed by atoms with van der Waals surface area (Å²) in [4.78, 5) is 36.4. The van der Waals surface area contributed by atoms with Crippen LogP contribution in [0, 0.1) is 0 Å². The Bertz CT molecular complexity index is 788. The van der Waals surface area contributed by atoms with Crippen molar-refractivity contribution in [3.63, 3.8) is 0 Å². The van der Waals surface area contributed by atoms with Crippen LogP contribution in [0.3, 0.4) is 0 Å². The predicted octanol–water partition coefficient (Wildman–Crippen LogP) is 1.67. The van der Waals surface area contributed by atoms with Gasteiger partial charge in [0.2, 0.25) is 5.91 Å². The molecular weight excluding hydrogens is 334 g/mol. The Morgan fingerprint density at radius 3 is 2.31 bits per heavy atom. The number of aliphatic hydroxyl groups is 1. The van der Waals surface area contributed by atoms with E-state index in [0.717, 1.165) is 0 Å². The molecule has 0 aliphatic heterocycles. The van der Waals surface area contributed by atoms with E-state index in [1.807, 2.05) is 6.07 Å². The summed E-state index contributed by atoms with van der Waals surface area (Å²) in [5.41, 5.74) is 1.67. The monoisotopic (exact) mass is 355 g/mol. The number of ether oxygens (including phenoxy) is 1. The molecule has 0 fully saturated rings. The second-order valence-corrected chi connectivity index (χ2v) is 5.81. The zero-order valence-electron chi connectivity index (χ0n) is 14.6. The van der Waals surface area contributed by atoms with Crippen molar-refractivity contribution in [3.05, 3.63) is 71.3 Å². The van der Waals surface area contributed by atoms with Gasteiger partial charge in [-0.2, -0.15) is 0 Å². The number of hydrogen-bond acceptors (Lipinski definition) is 5. The largest absolute Gasteiger partial charge is 0.467 e. The van der Waals surface area contributed by atoms with Crippen molar-refractivity contribution in [2.45, 2.75) is 18.9 Å². The van der Waals surface area contributed by atoms with Crippen molar-refractivity contribution in [2.75, 3.05) is 13.7 Å². The maximum Gasteiger partial charge on any atom is 0.330 e. The molecule has 2 aromatic rings. The SMILES string of the molecule is COC(=O)[C@H](CO)NC(=O)[C@H](C)c1cccc(C(=O)c2ccccc2)c1. The second kappa shape index (κ2) is 8.92. The molecule has 0 saturated carbocycles. The molecule has 0 aliphatic carbocycles. The standard InChI is InChI=1S/C20H21NO5/c1-13(19(24)21-17(12-22)20(25)26-2)15-9-6-10-16(11-15)18(23)14-7-4-3-5-8-14/h3-11,13,17,22H,12H2,1-2H3,(H,21,24)/t13-,17+/m1/s1. The van der Waals surface area contributed by atoms with Crippen LogP contribution in [0.1, 0.15) is 34.3 Å². The first-order chi connectivity index (χ1) is 12.5. The van der Waals surface area contributed by atoms with Crippen molar-refractivity contribution in [1.29, 1.82) is 0 Å². The normalized spacial score (nSPS) is 12.7. The topological polar surface area (TPSA) is 92.7 Å². The number of nitrogens with one attached hydrogen (secondary N) is 1. The fraction of sp³-hybridized carbons (Fsp3) is 0.250. The van der Waals surface area contributed by atoms with E-state index in [0.29, 0.717) is 16.7 Å². The molecule has 6 nitrogen and oxygen atoms in total. The number of benzene rings is 2. The van der Waals surface area contributed by atoms with Gasteiger partial charge in [0.25, 0.3) is 0 Å². The lowest BCUT2D eigenvalue weighted by atomic mass is 9.95. The summed E-state index contributed by atoms with van der Waals surface area (Å²) < 4.78 is 4.53. The molecular formula is C20H21NO5. The molecule has 0 aliphatic rings. The first-order valence-corrected chi connectivity index (χ1v) is 8.16. The summed E-state index contributed by atoms with van der Waals surface area (Å²) in [5.74, 6) is -1.92. The fourth-order valence-corrected chi connectivity index (χ4v) is 2.47. The van der Waals surface area contributed by atoms with Gasteiger partial charge in [-0.3, -0.25) is 9.59 Å². The molecule has 6 heteroatoms. The Hall–Kier alpha value is -2.99. The van der Waals surface area contributed by atoms with Crippen LogP contribution < -0.4 is 5.32 Å². The molecule has 0 saturated heterocycles. The van der Waals surface area contributed by atoms with Gasteiger partial charge in [-0.05, 0) is 18.6 Å². The summed E-state index contributed by atoms with van der Waals surface area (Å²) in [5, 5.41) is 11.7. The van der Waals surface area contributed by atoms with Crippen molar-refractivity contribution >= 4 is 17.7 Å². The Morgan fingerprint density at radius 2 is 1.69 bits per heavy atom. The number of methoxy groups -OCH3 is 1. The zero-order chi connectivity index (χ0) is 19.1. The van der Waals surface area contributed by atoms with Crippen molar-refractivity contribution < 1.29 is 24.2 Å². The van der Waals surface area contributed by atoms with Gasteiger partial charge in [-0.25, -0.2) is 4.79 Å². The Morgan fingerprint density at radius 1 is 1.04 bits per heavy atom. The van der Waals surface area contributed by atoms with E-state index in [9.17, 15) is 19.5 Å². The van der Waals surface area contributed by atoms with Crippen molar-refractivity contribution in [1.82, 2.24) is 5.32 Å². The minimum absolute atomic E-state index is 0.136. The highest BCUT2D eigenvalue weighted by atomic mass is 16.5. The highest BCUT2D eigenvalue weighted by molar-refractivity contribution is 6.09. The van der Waals surface area contributed by atoms with Gasteiger partial charge in [-0.1, -0.05) is 48.5 Å². The van der Waals surface area contributed by atoms with Gasteiger partial charge >= 0.3 is 5.97 Å². The van der Waals surface area contributed by atoms with Gasteiger partial charge in [0.05, 0.1) is 19.6 Å². The van der Waals surface area contributed by atoms with Crippen molar-refractivity contribution in [2.24, 2.45) is 0 Å². The van der Waals surface area contributed by atoms with Crippen LogP contribution in [0.25, 0.3) is 0 Å². The van der Waals surface area contributed by atoms with E-state index < -0.39 is 30.4 Å². The molecule has 0 bridgehead atoms. The number of hydrogen-bond donors (Lipinski definition) is 2. The van der Waals surface area contributed by atoms with E-state index >= 15 is 0 Å². The van der Waals surface area contributed by atoms with Crippen LogP contribution in [-0.2, 0) is 14.3 Å². The molecule has 2 N–H and O–H groups in total. The molecule has 0 aromatic heterocycles. The number of amides is 1. The van der Waals surface area contributed by atoms with Crippen LogP contribution in [0.5, 0.6) is 0 Å². The predicted molar refractivity (Wildman–Crippen MR) is 95.8 cm³/mol. The zero-order valence-corrected chi connectivity index (χ0v) is 14.6. The number of carbonyl (C=O) groups excluding carboxylic acids is 3. The molecule has 0 unspecified atom stereocenters. The summed E-state index contributed by atoms with van der Waals surface area (Å²) >= 11 is 0. The molecule has 0 radical (unpaired) electrons. The molecule has 2 aromatic carbocycles. The average Bonchev–Trinajstić information content (AvgIpc) is 2.70. The summed E-state index contributed by atoms with van der Waals surface area (Å²) in [6.45, 7) is 1.10. The third-order valence-electron chi connectivity index (χ3n) is 4.06. The maximum absolute atomic E-state index is 12.5. The van der Waals surface area contributed by atoms with Crippen molar-refractivity contribution in [3.8, 4) is 0 Å². The molecule has 26 heavy (non-hydrogen) atoms. The first kappa shape index (κ1) is 19.3. The lowest BCUT2D eigenvalue weighted by molar-refractivity contribution is -0.146. The number of aliphatic hydroxyl groups excluding tert-OH is 1. The van der Waals surface area contributed by atoms with E-state index in [1.165, 1.54) is 7.11 Å². The number of rotatable bonds is 7. The van der Waals surface area contributed by atoms with Gasteiger partial charge in [0.15, 0.2) is 11.8 Å². The van der Waals surface area contributed by atoms with Gasteiger partial charge in [0, 0.05) is 11.1 Å². The van der Waals surface area contributed by atoms with Crippen LogP contribution in [0.15, 0.2) is 54.6 Å². The van der Waals surface area contributed by atoms with Crippen LogP contribution in [0.4, 0.5) is 0 Å². The van der Waals surface area contributed by atoms with Gasteiger partial charge in [-0.15, -0.1) is 0 Å². The highest BCUT2D eigenvalue weighted by Crippen LogP contribution is 2.19. The van der Waals surface area contributed by atoms with Crippen LogP contribution in [-0.4, -0.2) is 42.5 Å². The van der Waals surface area contributed by atoms with Gasteiger partial charge < -0.3 is 15.2 Å². The second-order valence-electron chi connectivity index (χ2n) is 5.81. The fourth-order valence-electron chi connectivity index (χ4n) is 2.47. The van der Waals surface area contributed by atoms with Crippen LogP contribution in [0.2, 0.25) is 0 Å². The molecule has 136 valence electrons. The molecule has 2 atom stereocenters. The smallest absolute Gasteiger partial charge is 0.330 e. The van der Waals surface area contributed by atoms with E-state index in [1.54, 1.807) is 55.5 Å². The molecule has 1 amide bonds. The van der Waals surface area contributed by atoms with E-state index in [4.69, 9.17) is 0 Å². The van der Waals surface area contributed by atoms with Gasteiger partial charge in [0.1, 0.15) is 0 Å². The number of esters is 1. The van der Waals surface area contributed by atoms with E-state index in [2.05, 4.69) is 10.1 Å². The van der Waals surface area contributed by atoms with Crippen LogP contribution >= 0.6 is 0 Å². The summed E-state index contributed by atoms with van der Waals surface area (Å²) in [7, 11) is 1.18. The first-order valence-electron chi connectivity index (χ1n) is 8.16. The Kier molecular flexibility index (Phi) is 6.63. The quantitative estimate of drug-likeness (QED) is 0.582. The Balaban J connectivity index is 2.17. The third-order valence-corrected chi connectivity index (χ3v) is 4.06. The lowest BCUT2D eigenvalue weighted by Crippen LogP contribution is -2.45. The maximum atomic E-state index is 12.5. The molecule has 0 heterocycles. The number of carbonyl (C=O) groups is 3. The average molecular weight is 355 g/mol. The lowest BCUT2D eigenvalue weighted by Gasteiger charge is -2.18. The minimum Gasteiger partial charge on any atom is -0.467 e. The molecule has 2 rings (SSSR count). The Labute approximate surface area is 151 Å². The summed E-state index contributed by atoms with van der Waals surface area (Å²) in [6.07, 6.45) is 0. The minimum atomic E-state index is -1.12. The van der Waals surface area contributed by atoms with E-state index in [-0.39, 0.29) is 5.78 Å². The third kappa shape index (κ3) is 4.55. The summed E-state index contributed by atoms with van der Waals surface area (Å²) in [6, 6.07) is 14.5. The molecule has 0 spiro atoms. The number of ketones is 1. The highest BCUT2D eigenvalue weighted by Gasteiger charge is 2.24.